The number of hydrogen-bond acceptors (Lipinski definition) is 6. The first-order chi connectivity index (χ1) is 12.2. The van der Waals surface area contributed by atoms with Gasteiger partial charge in [0.05, 0.1) is 37.7 Å². The first kappa shape index (κ1) is 16.1. The summed E-state index contributed by atoms with van der Waals surface area (Å²) in [5.74, 6) is 0.346. The Kier molecular flexibility index (Phi) is 4.20. The molecule has 0 radical (unpaired) electrons. The summed E-state index contributed by atoms with van der Waals surface area (Å²) in [6.07, 6.45) is 3.83. The molecule has 0 atom stereocenters. The van der Waals surface area contributed by atoms with Crippen molar-refractivity contribution >= 4 is 5.91 Å². The molecule has 134 valence electrons. The van der Waals surface area contributed by atoms with E-state index in [9.17, 15) is 4.79 Å². The minimum absolute atomic E-state index is 0.170. The van der Waals surface area contributed by atoms with Gasteiger partial charge in [-0.25, -0.2) is 0 Å². The molecule has 8 heteroatoms. The molecule has 4 rings (SSSR count). The Hall–Kier alpha value is -2.35. The van der Waals surface area contributed by atoms with Crippen LogP contribution >= 0.6 is 0 Å². The largest absolute Gasteiger partial charge is 0.479 e. The van der Waals surface area contributed by atoms with E-state index in [1.54, 1.807) is 4.90 Å². The van der Waals surface area contributed by atoms with E-state index in [1.165, 1.54) is 38.0 Å². The Labute approximate surface area is 146 Å². The van der Waals surface area contributed by atoms with E-state index in [1.807, 2.05) is 11.7 Å². The summed E-state index contributed by atoms with van der Waals surface area (Å²) in [5, 5.41) is 8.40. The fourth-order valence-electron chi connectivity index (χ4n) is 3.68. The Bertz CT molecular complexity index is 775. The molecule has 8 nitrogen and oxygen atoms in total. The second kappa shape index (κ2) is 6.51. The fourth-order valence-corrected chi connectivity index (χ4v) is 3.68. The summed E-state index contributed by atoms with van der Waals surface area (Å²) < 4.78 is 12.0. The quantitative estimate of drug-likeness (QED) is 0.837. The van der Waals surface area contributed by atoms with Crippen LogP contribution in [0.4, 0.5) is 0 Å². The van der Waals surface area contributed by atoms with Gasteiger partial charge < -0.3 is 14.2 Å². The number of aryl methyl sites for hydroxylation is 1. The zero-order chi connectivity index (χ0) is 17.4. The lowest BCUT2D eigenvalue weighted by Crippen LogP contribution is -2.30. The summed E-state index contributed by atoms with van der Waals surface area (Å²) in [4.78, 5) is 16.9. The molecule has 0 unspecified atom stereocenters. The van der Waals surface area contributed by atoms with Gasteiger partial charge in [-0.1, -0.05) is 6.42 Å². The number of piperidine rings is 1. The lowest BCUT2D eigenvalue weighted by Gasteiger charge is -2.25. The summed E-state index contributed by atoms with van der Waals surface area (Å²) in [6, 6.07) is 1.53. The van der Waals surface area contributed by atoms with Crippen molar-refractivity contribution in [3.63, 3.8) is 0 Å². The average molecular weight is 345 g/mol. The summed E-state index contributed by atoms with van der Waals surface area (Å²) in [6.45, 7) is 4.23. The number of amides is 1. The number of methoxy groups -OCH3 is 1. The van der Waals surface area contributed by atoms with Crippen LogP contribution in [0.25, 0.3) is 0 Å². The Morgan fingerprint density at radius 1 is 1.28 bits per heavy atom. The second-order valence-electron chi connectivity index (χ2n) is 6.73. The van der Waals surface area contributed by atoms with Gasteiger partial charge in [-0.3, -0.25) is 14.4 Å². The summed E-state index contributed by atoms with van der Waals surface area (Å²) in [5.41, 5.74) is 3.37. The van der Waals surface area contributed by atoms with E-state index in [0.717, 1.165) is 31.0 Å². The molecular formula is C17H23N5O3. The molecule has 1 saturated heterocycles. The van der Waals surface area contributed by atoms with Gasteiger partial charge in [-0.2, -0.15) is 5.10 Å². The third kappa shape index (κ3) is 3.02. The van der Waals surface area contributed by atoms with E-state index in [2.05, 4.69) is 10.1 Å². The van der Waals surface area contributed by atoms with Gasteiger partial charge in [0.25, 0.3) is 11.8 Å². The van der Waals surface area contributed by atoms with Gasteiger partial charge in [0.15, 0.2) is 0 Å². The smallest absolute Gasteiger partial charge is 0.293 e. The summed E-state index contributed by atoms with van der Waals surface area (Å²) >= 11 is 0. The van der Waals surface area contributed by atoms with Crippen molar-refractivity contribution in [1.29, 1.82) is 0 Å². The van der Waals surface area contributed by atoms with Crippen molar-refractivity contribution < 1.29 is 14.1 Å². The Morgan fingerprint density at radius 2 is 2.08 bits per heavy atom. The SMILES string of the molecule is COc1cc(C(=O)N2Cc3c(CN4CCCCC4)nn(C)c3C2)on1. The topological polar surface area (TPSA) is 76.6 Å². The molecule has 1 fully saturated rings. The minimum atomic E-state index is -0.170. The molecule has 2 aromatic rings. The van der Waals surface area contributed by atoms with Gasteiger partial charge in [0.1, 0.15) is 0 Å². The molecule has 0 spiro atoms. The number of likely N-dealkylation sites (tertiary alicyclic amines) is 1. The third-order valence-electron chi connectivity index (χ3n) is 5.07. The van der Waals surface area contributed by atoms with Crippen LogP contribution in [0.1, 0.15) is 46.8 Å². The molecule has 0 aliphatic carbocycles. The van der Waals surface area contributed by atoms with Crippen LogP contribution < -0.4 is 4.74 Å². The third-order valence-corrected chi connectivity index (χ3v) is 5.07. The van der Waals surface area contributed by atoms with Crippen molar-refractivity contribution in [3.8, 4) is 5.88 Å². The molecule has 2 aliphatic heterocycles. The molecule has 2 aromatic heterocycles. The van der Waals surface area contributed by atoms with Crippen molar-refractivity contribution in [2.45, 2.75) is 38.9 Å². The lowest BCUT2D eigenvalue weighted by atomic mass is 10.1. The molecule has 4 heterocycles. The van der Waals surface area contributed by atoms with Crippen molar-refractivity contribution in [1.82, 2.24) is 24.7 Å². The van der Waals surface area contributed by atoms with E-state index in [4.69, 9.17) is 14.4 Å². The number of fused-ring (bicyclic) bond motifs is 1. The van der Waals surface area contributed by atoms with Gasteiger partial charge in [-0.05, 0) is 31.1 Å². The molecule has 2 aliphatic rings. The summed E-state index contributed by atoms with van der Waals surface area (Å²) in [7, 11) is 3.44. The van der Waals surface area contributed by atoms with E-state index >= 15 is 0 Å². The highest BCUT2D eigenvalue weighted by atomic mass is 16.5. The van der Waals surface area contributed by atoms with E-state index in [0.29, 0.717) is 19.0 Å². The van der Waals surface area contributed by atoms with Crippen LogP contribution in [-0.4, -0.2) is 50.8 Å². The van der Waals surface area contributed by atoms with Crippen LogP contribution in [0.5, 0.6) is 5.88 Å². The van der Waals surface area contributed by atoms with Gasteiger partial charge in [0.2, 0.25) is 5.76 Å². The van der Waals surface area contributed by atoms with Gasteiger partial charge in [-0.15, -0.1) is 0 Å². The molecule has 0 bridgehead atoms. The Balaban J connectivity index is 1.49. The maximum Gasteiger partial charge on any atom is 0.293 e. The van der Waals surface area contributed by atoms with Crippen molar-refractivity contribution in [3.05, 3.63) is 28.8 Å². The zero-order valence-electron chi connectivity index (χ0n) is 14.7. The monoisotopic (exact) mass is 345 g/mol. The molecule has 0 saturated carbocycles. The predicted octanol–water partition coefficient (Wildman–Crippen LogP) is 1.56. The van der Waals surface area contributed by atoms with Crippen molar-refractivity contribution in [2.24, 2.45) is 7.05 Å². The second-order valence-corrected chi connectivity index (χ2v) is 6.73. The highest BCUT2D eigenvalue weighted by Gasteiger charge is 2.32. The first-order valence-corrected chi connectivity index (χ1v) is 8.71. The van der Waals surface area contributed by atoms with Gasteiger partial charge in [0, 0.05) is 19.2 Å². The van der Waals surface area contributed by atoms with Crippen molar-refractivity contribution in [2.75, 3.05) is 20.2 Å². The number of ether oxygens (including phenoxy) is 1. The zero-order valence-corrected chi connectivity index (χ0v) is 14.7. The lowest BCUT2D eigenvalue weighted by molar-refractivity contribution is 0.0705. The molecular weight excluding hydrogens is 322 g/mol. The number of nitrogens with zero attached hydrogens (tertiary/aromatic N) is 5. The highest BCUT2D eigenvalue weighted by molar-refractivity contribution is 5.92. The molecule has 0 aromatic carbocycles. The van der Waals surface area contributed by atoms with Crippen LogP contribution in [0.2, 0.25) is 0 Å². The number of hydrogen-bond donors (Lipinski definition) is 0. The number of carbonyl (C=O) groups excluding carboxylic acids is 1. The number of carbonyl (C=O) groups is 1. The first-order valence-electron chi connectivity index (χ1n) is 8.71. The minimum Gasteiger partial charge on any atom is -0.479 e. The molecule has 25 heavy (non-hydrogen) atoms. The predicted molar refractivity (Wildman–Crippen MR) is 89.0 cm³/mol. The number of aromatic nitrogens is 3. The molecule has 0 N–H and O–H groups in total. The standard InChI is InChI=1S/C17H23N5O3/c1-20-14-11-22(17(23)15-8-16(24-2)19-25-15)9-12(14)13(18-20)10-21-6-4-3-5-7-21/h8H,3-7,9-11H2,1-2H3. The van der Waals surface area contributed by atoms with Crippen LogP contribution in [-0.2, 0) is 26.7 Å². The fraction of sp³-hybridized carbons (Fsp3) is 0.588. The maximum atomic E-state index is 12.7. The number of rotatable bonds is 4. The van der Waals surface area contributed by atoms with Crippen LogP contribution in [0, 0.1) is 0 Å². The highest BCUT2D eigenvalue weighted by Crippen LogP contribution is 2.28. The average Bonchev–Trinajstić information content (AvgIpc) is 3.33. The Morgan fingerprint density at radius 3 is 2.80 bits per heavy atom. The van der Waals surface area contributed by atoms with Crippen LogP contribution in [0.3, 0.4) is 0 Å². The van der Waals surface area contributed by atoms with Crippen LogP contribution in [0.15, 0.2) is 10.6 Å². The van der Waals surface area contributed by atoms with E-state index in [-0.39, 0.29) is 11.7 Å². The van der Waals surface area contributed by atoms with E-state index < -0.39 is 0 Å². The van der Waals surface area contributed by atoms with Gasteiger partial charge >= 0.3 is 0 Å². The maximum absolute atomic E-state index is 12.7. The molecule has 1 amide bonds. The normalized spacial score (nSPS) is 17.8.